The maximum absolute atomic E-state index is 2.25. The molecule has 0 heterocycles. The van der Waals surface area contributed by atoms with Crippen LogP contribution in [-0.2, 0) is 6.42 Å². The van der Waals surface area contributed by atoms with Gasteiger partial charge in [0.1, 0.15) is 0 Å². The second-order valence-corrected chi connectivity index (χ2v) is 4.67. The molecule has 21 heavy (non-hydrogen) atoms. The lowest BCUT2D eigenvalue weighted by Gasteiger charge is -2.14. The molecule has 0 bridgehead atoms. The van der Waals surface area contributed by atoms with Crippen molar-refractivity contribution in [3.05, 3.63) is 59.2 Å². The van der Waals surface area contributed by atoms with Gasteiger partial charge in [0.15, 0.2) is 0 Å². The molecule has 0 radical (unpaired) electrons. The summed E-state index contributed by atoms with van der Waals surface area (Å²) in [5, 5.41) is 0. The van der Waals surface area contributed by atoms with Gasteiger partial charge < -0.3 is 0 Å². The largest absolute Gasteiger partial charge is 0.0683 e. The summed E-state index contributed by atoms with van der Waals surface area (Å²) >= 11 is 0. The molecule has 0 aromatic heterocycles. The quantitative estimate of drug-likeness (QED) is 0.570. The van der Waals surface area contributed by atoms with E-state index in [9.17, 15) is 0 Å². The van der Waals surface area contributed by atoms with Crippen LogP contribution >= 0.6 is 0 Å². The second-order valence-electron chi connectivity index (χ2n) is 4.67. The Morgan fingerprint density at radius 1 is 0.667 bits per heavy atom. The molecule has 0 aliphatic carbocycles. The third-order valence-electron chi connectivity index (χ3n) is 3.35. The third kappa shape index (κ3) is 5.38. The van der Waals surface area contributed by atoms with E-state index in [4.69, 9.17) is 0 Å². The van der Waals surface area contributed by atoms with Crippen molar-refractivity contribution in [3.63, 3.8) is 0 Å². The summed E-state index contributed by atoms with van der Waals surface area (Å²) in [5.74, 6) is 0. The molecule has 0 spiro atoms. The van der Waals surface area contributed by atoms with Gasteiger partial charge in [-0.2, -0.15) is 0 Å². The smallest absolute Gasteiger partial charge is 0.0147 e. The lowest BCUT2D eigenvalue weighted by molar-refractivity contribution is 0.914. The highest BCUT2D eigenvalue weighted by Gasteiger charge is 2.08. The topological polar surface area (TPSA) is 0 Å². The molecule has 0 N–H and O–H groups in total. The highest BCUT2D eigenvalue weighted by molar-refractivity contribution is 5.71. The monoisotopic (exact) mass is 284 g/mol. The van der Waals surface area contributed by atoms with E-state index in [0.29, 0.717) is 0 Å². The molecule has 0 amide bonds. The van der Waals surface area contributed by atoms with Gasteiger partial charge in [0.05, 0.1) is 0 Å². The van der Waals surface area contributed by atoms with Crippen LogP contribution in [-0.4, -0.2) is 0 Å². The van der Waals surface area contributed by atoms with Gasteiger partial charge >= 0.3 is 0 Å². The Kier molecular flexibility index (Phi) is 10.3. The number of aryl methyl sites for hydroxylation is 2. The first-order chi connectivity index (χ1) is 10.2. The molecular weight excluding hydrogens is 252 g/mol. The minimum absolute atomic E-state index is 1.16. The van der Waals surface area contributed by atoms with Crippen LogP contribution in [0.5, 0.6) is 0 Å². The predicted octanol–water partition coefficient (Wildman–Crippen LogP) is 6.98. The zero-order valence-electron chi connectivity index (χ0n) is 15.0. The summed E-state index contributed by atoms with van der Waals surface area (Å²) in [6, 6.07) is 15.3. The van der Waals surface area contributed by atoms with E-state index >= 15 is 0 Å². The normalized spacial score (nSPS) is 9.10. The molecule has 0 atom stereocenters. The summed E-state index contributed by atoms with van der Waals surface area (Å²) in [6.07, 6.45) is 2.36. The van der Waals surface area contributed by atoms with Crippen LogP contribution in [0, 0.1) is 13.8 Å². The van der Waals surface area contributed by atoms with E-state index in [2.05, 4.69) is 63.2 Å². The van der Waals surface area contributed by atoms with Crippen molar-refractivity contribution < 1.29 is 0 Å². The van der Waals surface area contributed by atoms with Gasteiger partial charge in [-0.15, -0.1) is 0 Å². The zero-order valence-corrected chi connectivity index (χ0v) is 15.0. The fraction of sp³-hybridized carbons (Fsp3) is 0.429. The van der Waals surface area contributed by atoms with Crippen LogP contribution in [0.3, 0.4) is 0 Å². The number of hydrogen-bond acceptors (Lipinski definition) is 0. The van der Waals surface area contributed by atoms with E-state index in [1.807, 2.05) is 27.7 Å². The SMILES string of the molecule is CC.CC.CCCc1c(C)cccc1-c1ccccc1C. The van der Waals surface area contributed by atoms with Crippen LogP contribution in [0.15, 0.2) is 42.5 Å². The van der Waals surface area contributed by atoms with Gasteiger partial charge in [-0.05, 0) is 48.1 Å². The maximum atomic E-state index is 2.25. The molecule has 2 rings (SSSR count). The molecule has 0 nitrogen and oxygen atoms in total. The molecule has 0 saturated carbocycles. The number of rotatable bonds is 3. The number of hydrogen-bond donors (Lipinski definition) is 0. The zero-order chi connectivity index (χ0) is 16.3. The van der Waals surface area contributed by atoms with Gasteiger partial charge in [-0.1, -0.05) is 83.5 Å². The third-order valence-corrected chi connectivity index (χ3v) is 3.35. The van der Waals surface area contributed by atoms with E-state index in [0.717, 1.165) is 6.42 Å². The van der Waals surface area contributed by atoms with E-state index in [1.54, 1.807) is 0 Å². The van der Waals surface area contributed by atoms with Crippen LogP contribution in [0.2, 0.25) is 0 Å². The van der Waals surface area contributed by atoms with Gasteiger partial charge in [-0.3, -0.25) is 0 Å². The highest BCUT2D eigenvalue weighted by atomic mass is 14.1. The second kappa shape index (κ2) is 11.1. The molecule has 0 saturated heterocycles. The first kappa shape index (κ1) is 19.4. The van der Waals surface area contributed by atoms with Gasteiger partial charge in [0.25, 0.3) is 0 Å². The van der Waals surface area contributed by atoms with Crippen molar-refractivity contribution in [3.8, 4) is 11.1 Å². The van der Waals surface area contributed by atoms with Crippen LogP contribution in [0.1, 0.15) is 57.7 Å². The fourth-order valence-electron chi connectivity index (χ4n) is 2.41. The average Bonchev–Trinajstić information content (AvgIpc) is 2.54. The van der Waals surface area contributed by atoms with Crippen molar-refractivity contribution in [2.24, 2.45) is 0 Å². The Morgan fingerprint density at radius 2 is 1.19 bits per heavy atom. The summed E-state index contributed by atoms with van der Waals surface area (Å²) in [7, 11) is 0. The highest BCUT2D eigenvalue weighted by Crippen LogP contribution is 2.29. The van der Waals surface area contributed by atoms with Crippen molar-refractivity contribution in [2.45, 2.75) is 61.3 Å². The molecule has 0 heteroatoms. The van der Waals surface area contributed by atoms with E-state index in [-0.39, 0.29) is 0 Å². The lowest BCUT2D eigenvalue weighted by atomic mass is 9.91. The predicted molar refractivity (Wildman–Crippen MR) is 98.0 cm³/mol. The lowest BCUT2D eigenvalue weighted by Crippen LogP contribution is -1.94. The van der Waals surface area contributed by atoms with Gasteiger partial charge in [0.2, 0.25) is 0 Å². The molecule has 0 aliphatic heterocycles. The molecule has 2 aromatic carbocycles. The molecule has 0 aliphatic rings. The average molecular weight is 284 g/mol. The van der Waals surface area contributed by atoms with Crippen LogP contribution in [0.25, 0.3) is 11.1 Å². The Morgan fingerprint density at radius 3 is 1.76 bits per heavy atom. The minimum Gasteiger partial charge on any atom is -0.0683 e. The van der Waals surface area contributed by atoms with Crippen molar-refractivity contribution in [2.75, 3.05) is 0 Å². The van der Waals surface area contributed by atoms with Gasteiger partial charge in [-0.25, -0.2) is 0 Å². The van der Waals surface area contributed by atoms with Crippen LogP contribution < -0.4 is 0 Å². The molecule has 0 fully saturated rings. The van der Waals surface area contributed by atoms with Gasteiger partial charge in [0, 0.05) is 0 Å². The summed E-state index contributed by atoms with van der Waals surface area (Å²) < 4.78 is 0. The summed E-state index contributed by atoms with van der Waals surface area (Å²) in [4.78, 5) is 0. The Balaban J connectivity index is 0.000000921. The maximum Gasteiger partial charge on any atom is -0.0147 e. The Bertz CT molecular complexity index is 509. The Hall–Kier alpha value is -1.56. The van der Waals surface area contributed by atoms with Crippen molar-refractivity contribution >= 4 is 0 Å². The fourth-order valence-corrected chi connectivity index (χ4v) is 2.41. The first-order valence-electron chi connectivity index (χ1n) is 8.38. The minimum atomic E-state index is 1.16. The standard InChI is InChI=1S/C17H20.2C2H6/c1-4-8-15-14(3)10-7-12-17(15)16-11-6-5-9-13(16)2;2*1-2/h5-7,9-12H,4,8H2,1-3H3;2*1-2H3. The van der Waals surface area contributed by atoms with Crippen molar-refractivity contribution in [1.29, 1.82) is 0 Å². The number of benzene rings is 2. The van der Waals surface area contributed by atoms with E-state index < -0.39 is 0 Å². The molecule has 2 aromatic rings. The van der Waals surface area contributed by atoms with Crippen LogP contribution in [0.4, 0.5) is 0 Å². The first-order valence-corrected chi connectivity index (χ1v) is 8.38. The molecule has 116 valence electrons. The summed E-state index contributed by atoms with van der Waals surface area (Å²) in [5.41, 5.74) is 7.05. The Labute approximate surface area is 132 Å². The molecule has 0 unspecified atom stereocenters. The molecular formula is C21H32. The van der Waals surface area contributed by atoms with E-state index in [1.165, 1.54) is 34.2 Å². The van der Waals surface area contributed by atoms with Crippen molar-refractivity contribution in [1.82, 2.24) is 0 Å². The summed E-state index contributed by atoms with van der Waals surface area (Å²) in [6.45, 7) is 14.6.